The van der Waals surface area contributed by atoms with E-state index in [0.29, 0.717) is 17.9 Å². The molecule has 0 saturated carbocycles. The average molecular weight is 418 g/mol. The third-order valence-corrected chi connectivity index (χ3v) is 5.97. The van der Waals surface area contributed by atoms with Crippen molar-refractivity contribution in [3.63, 3.8) is 0 Å². The lowest BCUT2D eigenvalue weighted by molar-refractivity contribution is 0.263. The summed E-state index contributed by atoms with van der Waals surface area (Å²) in [5, 5.41) is 13.4. The Balaban J connectivity index is 1.61. The van der Waals surface area contributed by atoms with E-state index in [9.17, 15) is 9.18 Å². The van der Waals surface area contributed by atoms with Crippen LogP contribution in [0.3, 0.4) is 0 Å². The number of halogens is 1. The van der Waals surface area contributed by atoms with Gasteiger partial charge in [0.25, 0.3) is 5.56 Å². The molecule has 158 valence electrons. The van der Waals surface area contributed by atoms with Gasteiger partial charge in [0, 0.05) is 5.56 Å². The van der Waals surface area contributed by atoms with Crippen LogP contribution < -0.4 is 5.56 Å². The van der Waals surface area contributed by atoms with Crippen LogP contribution in [0.4, 0.5) is 4.39 Å². The van der Waals surface area contributed by atoms with Crippen LogP contribution in [0.1, 0.15) is 41.4 Å². The summed E-state index contributed by atoms with van der Waals surface area (Å²) in [5.41, 5.74) is 3.27. The van der Waals surface area contributed by atoms with Crippen molar-refractivity contribution in [1.29, 1.82) is 0 Å². The molecule has 31 heavy (non-hydrogen) atoms. The van der Waals surface area contributed by atoms with Crippen molar-refractivity contribution in [2.75, 3.05) is 13.1 Å². The maximum Gasteiger partial charge on any atom is 0.253 e. The summed E-state index contributed by atoms with van der Waals surface area (Å²) in [7, 11) is 0. The molecule has 0 radical (unpaired) electrons. The molecule has 5 rings (SSSR count). The number of hydrogen-bond acceptors (Lipinski definition) is 5. The van der Waals surface area contributed by atoms with E-state index < -0.39 is 0 Å². The second kappa shape index (κ2) is 8.03. The monoisotopic (exact) mass is 418 g/mol. The Kier molecular flexibility index (Phi) is 5.07. The Morgan fingerprint density at radius 1 is 1.13 bits per heavy atom. The van der Waals surface area contributed by atoms with Crippen molar-refractivity contribution in [3.8, 4) is 0 Å². The molecule has 1 unspecified atom stereocenters. The van der Waals surface area contributed by atoms with Gasteiger partial charge in [0.15, 0.2) is 5.82 Å². The topological polar surface area (TPSA) is 79.7 Å². The molecule has 1 N–H and O–H groups in total. The molecule has 0 aliphatic carbocycles. The highest BCUT2D eigenvalue weighted by molar-refractivity contribution is 5.82. The van der Waals surface area contributed by atoms with Gasteiger partial charge in [0.1, 0.15) is 11.9 Å². The van der Waals surface area contributed by atoms with Gasteiger partial charge in [-0.2, -0.15) is 0 Å². The fourth-order valence-electron chi connectivity index (χ4n) is 4.39. The van der Waals surface area contributed by atoms with E-state index in [1.54, 1.807) is 16.8 Å². The molecule has 2 aromatic carbocycles. The molecule has 1 fully saturated rings. The average Bonchev–Trinajstić information content (AvgIpc) is 3.44. The van der Waals surface area contributed by atoms with Crippen molar-refractivity contribution < 1.29 is 4.39 Å². The van der Waals surface area contributed by atoms with E-state index in [1.807, 2.05) is 31.2 Å². The highest BCUT2D eigenvalue weighted by atomic mass is 19.1. The van der Waals surface area contributed by atoms with E-state index >= 15 is 0 Å². The number of H-pyrrole nitrogens is 1. The lowest BCUT2D eigenvalue weighted by atomic mass is 10.0. The van der Waals surface area contributed by atoms with E-state index in [4.69, 9.17) is 0 Å². The number of benzene rings is 2. The summed E-state index contributed by atoms with van der Waals surface area (Å²) >= 11 is 0. The number of nitrogens with zero attached hydrogens (tertiary/aromatic N) is 5. The van der Waals surface area contributed by atoms with Crippen molar-refractivity contribution in [2.45, 2.75) is 32.4 Å². The molecule has 3 heterocycles. The number of likely N-dealkylation sites (tertiary alicyclic amines) is 1. The molecule has 1 aliphatic rings. The summed E-state index contributed by atoms with van der Waals surface area (Å²) in [5.74, 6) is 0.331. The summed E-state index contributed by atoms with van der Waals surface area (Å²) < 4.78 is 15.0. The molecule has 7 nitrogen and oxygen atoms in total. The number of rotatable bonds is 5. The van der Waals surface area contributed by atoms with E-state index in [1.165, 1.54) is 12.1 Å². The fourth-order valence-corrected chi connectivity index (χ4v) is 4.39. The summed E-state index contributed by atoms with van der Waals surface area (Å²) in [6, 6.07) is 13.9. The van der Waals surface area contributed by atoms with Crippen LogP contribution in [0.5, 0.6) is 0 Å². The van der Waals surface area contributed by atoms with Gasteiger partial charge < -0.3 is 4.98 Å². The SMILES string of the molecule is Cc1cccc2cc(C(c3nnnn3Cc3ccc(F)cc3)N3CCCC3)c(=O)[nH]c12. The predicted octanol–water partition coefficient (Wildman–Crippen LogP) is 3.20. The minimum atomic E-state index is -0.355. The van der Waals surface area contributed by atoms with Gasteiger partial charge in [0.05, 0.1) is 12.1 Å². The summed E-state index contributed by atoms with van der Waals surface area (Å²) in [6.45, 7) is 4.13. The zero-order valence-electron chi connectivity index (χ0n) is 17.3. The number of pyridine rings is 1. The lowest BCUT2D eigenvalue weighted by Crippen LogP contribution is -2.33. The summed E-state index contributed by atoms with van der Waals surface area (Å²) in [4.78, 5) is 18.5. The van der Waals surface area contributed by atoms with Crippen molar-refractivity contribution in [1.82, 2.24) is 30.1 Å². The molecule has 0 spiro atoms. The highest BCUT2D eigenvalue weighted by Gasteiger charge is 2.32. The van der Waals surface area contributed by atoms with Gasteiger partial charge in [0.2, 0.25) is 0 Å². The van der Waals surface area contributed by atoms with Gasteiger partial charge in [-0.15, -0.1) is 5.10 Å². The maximum absolute atomic E-state index is 13.3. The number of hydrogen-bond donors (Lipinski definition) is 1. The van der Waals surface area contributed by atoms with Crippen LogP contribution in [0.2, 0.25) is 0 Å². The predicted molar refractivity (Wildman–Crippen MR) is 115 cm³/mol. The second-order valence-electron chi connectivity index (χ2n) is 8.06. The van der Waals surface area contributed by atoms with Gasteiger partial charge in [-0.25, -0.2) is 9.07 Å². The number of aryl methyl sites for hydroxylation is 1. The normalized spacial score (nSPS) is 15.5. The Morgan fingerprint density at radius 2 is 1.90 bits per heavy atom. The van der Waals surface area contributed by atoms with E-state index in [2.05, 4.69) is 25.4 Å². The molecule has 1 atom stereocenters. The molecule has 4 aromatic rings. The minimum absolute atomic E-state index is 0.130. The zero-order chi connectivity index (χ0) is 21.4. The van der Waals surface area contributed by atoms with Crippen molar-refractivity contribution in [3.05, 3.63) is 87.2 Å². The number of aromatic nitrogens is 5. The van der Waals surface area contributed by atoms with Crippen LogP contribution in [0.15, 0.2) is 53.3 Å². The minimum Gasteiger partial charge on any atom is -0.321 e. The number of para-hydroxylation sites is 1. The van der Waals surface area contributed by atoms with Crippen molar-refractivity contribution >= 4 is 10.9 Å². The largest absolute Gasteiger partial charge is 0.321 e. The van der Waals surface area contributed by atoms with Crippen LogP contribution in [0, 0.1) is 12.7 Å². The first kappa shape index (κ1) is 19.6. The molecule has 2 aromatic heterocycles. The smallest absolute Gasteiger partial charge is 0.253 e. The van der Waals surface area contributed by atoms with E-state index in [-0.39, 0.29) is 17.4 Å². The highest BCUT2D eigenvalue weighted by Crippen LogP contribution is 2.30. The van der Waals surface area contributed by atoms with Crippen LogP contribution in [-0.4, -0.2) is 43.2 Å². The molecule has 8 heteroatoms. The molecular weight excluding hydrogens is 395 g/mol. The number of tetrazole rings is 1. The Hall–Kier alpha value is -3.39. The molecule has 0 bridgehead atoms. The first-order valence-corrected chi connectivity index (χ1v) is 10.5. The third-order valence-electron chi connectivity index (χ3n) is 5.97. The second-order valence-corrected chi connectivity index (χ2v) is 8.06. The van der Waals surface area contributed by atoms with Gasteiger partial charge in [-0.3, -0.25) is 9.69 Å². The first-order chi connectivity index (χ1) is 15.1. The van der Waals surface area contributed by atoms with Crippen LogP contribution in [-0.2, 0) is 6.54 Å². The molecule has 1 aliphatic heterocycles. The first-order valence-electron chi connectivity index (χ1n) is 10.5. The van der Waals surface area contributed by atoms with Gasteiger partial charge in [-0.05, 0) is 78.0 Å². The Labute approximate surface area is 178 Å². The Morgan fingerprint density at radius 3 is 2.68 bits per heavy atom. The molecule has 0 amide bonds. The quantitative estimate of drug-likeness (QED) is 0.538. The Bertz CT molecular complexity index is 1270. The van der Waals surface area contributed by atoms with Crippen LogP contribution >= 0.6 is 0 Å². The number of aromatic amines is 1. The number of nitrogens with one attached hydrogen (secondary N) is 1. The van der Waals surface area contributed by atoms with Gasteiger partial charge in [-0.1, -0.05) is 30.3 Å². The third kappa shape index (κ3) is 3.74. The maximum atomic E-state index is 13.3. The van der Waals surface area contributed by atoms with E-state index in [0.717, 1.165) is 48.0 Å². The van der Waals surface area contributed by atoms with Crippen LogP contribution in [0.25, 0.3) is 10.9 Å². The molecule has 1 saturated heterocycles. The lowest BCUT2D eigenvalue weighted by Gasteiger charge is -2.26. The number of fused-ring (bicyclic) bond motifs is 1. The molecular formula is C23H23FN6O. The summed E-state index contributed by atoms with van der Waals surface area (Å²) in [6.07, 6.45) is 2.14. The fraction of sp³-hybridized carbons (Fsp3) is 0.304. The zero-order valence-corrected chi connectivity index (χ0v) is 17.3. The standard InChI is InChI=1S/C23H23FN6O/c1-15-5-4-6-17-13-19(23(31)25-20(15)17)21(29-11-2-3-12-29)22-26-27-28-30(22)14-16-7-9-18(24)10-8-16/h4-10,13,21H,2-3,11-12,14H2,1H3,(H,25,31). The van der Waals surface area contributed by atoms with Crippen molar-refractivity contribution in [2.24, 2.45) is 0 Å². The van der Waals surface area contributed by atoms with Gasteiger partial charge >= 0.3 is 0 Å².